The van der Waals surface area contributed by atoms with Gasteiger partial charge < -0.3 is 22.1 Å². The fraction of sp³-hybridized carbons (Fsp3) is 0.471. The molecular formula is C17H26N4O3. The van der Waals surface area contributed by atoms with Gasteiger partial charge in [-0.2, -0.15) is 0 Å². The van der Waals surface area contributed by atoms with Crippen LogP contribution in [0.2, 0.25) is 0 Å². The minimum absolute atomic E-state index is 0.315. The maximum absolute atomic E-state index is 12.5. The van der Waals surface area contributed by atoms with Crippen molar-refractivity contribution < 1.29 is 14.4 Å². The molecule has 132 valence electrons. The Bertz CT molecular complexity index is 548. The minimum atomic E-state index is -0.768. The molecule has 3 amide bonds. The monoisotopic (exact) mass is 334 g/mol. The predicted octanol–water partition coefficient (Wildman–Crippen LogP) is -0.167. The minimum Gasteiger partial charge on any atom is -0.368 e. The van der Waals surface area contributed by atoms with Crippen LogP contribution in [0, 0.1) is 0 Å². The first-order valence-electron chi connectivity index (χ1n) is 8.04. The zero-order valence-corrected chi connectivity index (χ0v) is 14.0. The van der Waals surface area contributed by atoms with E-state index in [4.69, 9.17) is 11.5 Å². The van der Waals surface area contributed by atoms with Gasteiger partial charge in [-0.05, 0) is 31.4 Å². The van der Waals surface area contributed by atoms with E-state index in [1.165, 1.54) is 6.92 Å². The number of rotatable bonds is 10. The van der Waals surface area contributed by atoms with E-state index in [1.807, 2.05) is 30.3 Å². The Morgan fingerprint density at radius 2 is 1.71 bits per heavy atom. The van der Waals surface area contributed by atoms with Crippen LogP contribution in [0.5, 0.6) is 0 Å². The number of carbonyl (C=O) groups is 3. The molecule has 7 nitrogen and oxygen atoms in total. The van der Waals surface area contributed by atoms with Crippen LogP contribution in [0.1, 0.15) is 31.7 Å². The van der Waals surface area contributed by atoms with Gasteiger partial charge in [-0.25, -0.2) is 0 Å². The first-order chi connectivity index (χ1) is 11.4. The van der Waals surface area contributed by atoms with Crippen LogP contribution < -0.4 is 22.1 Å². The normalized spacial score (nSPS) is 12.9. The lowest BCUT2D eigenvalue weighted by molar-refractivity contribution is -0.130. The van der Waals surface area contributed by atoms with Crippen LogP contribution >= 0.6 is 0 Å². The van der Waals surface area contributed by atoms with Crippen molar-refractivity contribution in [3.63, 3.8) is 0 Å². The zero-order chi connectivity index (χ0) is 17.9. The van der Waals surface area contributed by atoms with E-state index in [1.54, 1.807) is 0 Å². The maximum atomic E-state index is 12.5. The molecule has 24 heavy (non-hydrogen) atoms. The highest BCUT2D eigenvalue weighted by molar-refractivity contribution is 5.91. The van der Waals surface area contributed by atoms with Crippen molar-refractivity contribution >= 4 is 17.7 Å². The summed E-state index contributed by atoms with van der Waals surface area (Å²) in [6, 6.07) is 7.80. The number of benzene rings is 1. The lowest BCUT2D eigenvalue weighted by atomic mass is 10.0. The van der Waals surface area contributed by atoms with Gasteiger partial charge in [0.15, 0.2) is 0 Å². The van der Waals surface area contributed by atoms with E-state index in [2.05, 4.69) is 10.6 Å². The predicted molar refractivity (Wildman–Crippen MR) is 91.8 cm³/mol. The summed E-state index contributed by atoms with van der Waals surface area (Å²) >= 11 is 0. The molecule has 0 bridgehead atoms. The van der Waals surface area contributed by atoms with E-state index in [0.717, 1.165) is 12.0 Å². The highest BCUT2D eigenvalue weighted by atomic mass is 16.2. The average Bonchev–Trinajstić information content (AvgIpc) is 2.53. The van der Waals surface area contributed by atoms with Gasteiger partial charge in [0, 0.05) is 13.3 Å². The summed E-state index contributed by atoms with van der Waals surface area (Å²) in [5.74, 6) is -1.34. The summed E-state index contributed by atoms with van der Waals surface area (Å²) < 4.78 is 0. The van der Waals surface area contributed by atoms with Crippen molar-refractivity contribution in [1.29, 1.82) is 0 Å². The second-order valence-electron chi connectivity index (χ2n) is 5.69. The van der Waals surface area contributed by atoms with Crippen molar-refractivity contribution in [2.45, 2.75) is 44.7 Å². The van der Waals surface area contributed by atoms with Crippen LogP contribution in [0.3, 0.4) is 0 Å². The van der Waals surface area contributed by atoms with Gasteiger partial charge in [-0.3, -0.25) is 14.4 Å². The topological polar surface area (TPSA) is 127 Å². The summed E-state index contributed by atoms with van der Waals surface area (Å²) in [6.07, 6.45) is 2.20. The molecule has 0 fully saturated rings. The van der Waals surface area contributed by atoms with Crippen LogP contribution in [0.15, 0.2) is 30.3 Å². The Kier molecular flexibility index (Phi) is 8.49. The fourth-order valence-electron chi connectivity index (χ4n) is 2.36. The number of unbranched alkanes of at least 4 members (excludes halogenated alkanes) is 1. The van der Waals surface area contributed by atoms with Crippen LogP contribution in [-0.2, 0) is 20.8 Å². The molecule has 1 rings (SSSR count). The van der Waals surface area contributed by atoms with E-state index < -0.39 is 23.9 Å². The molecule has 1 aromatic rings. The number of amides is 3. The molecule has 0 aromatic heterocycles. The van der Waals surface area contributed by atoms with E-state index >= 15 is 0 Å². The maximum Gasteiger partial charge on any atom is 0.243 e. The highest BCUT2D eigenvalue weighted by Gasteiger charge is 2.24. The van der Waals surface area contributed by atoms with Crippen LogP contribution in [-0.4, -0.2) is 36.3 Å². The van der Waals surface area contributed by atoms with Gasteiger partial charge >= 0.3 is 0 Å². The van der Waals surface area contributed by atoms with Crippen molar-refractivity contribution in [3.05, 3.63) is 35.9 Å². The molecule has 6 N–H and O–H groups in total. The second kappa shape index (κ2) is 10.4. The van der Waals surface area contributed by atoms with E-state index in [9.17, 15) is 14.4 Å². The van der Waals surface area contributed by atoms with Crippen LogP contribution in [0.25, 0.3) is 0 Å². The average molecular weight is 334 g/mol. The summed E-state index contributed by atoms with van der Waals surface area (Å²) in [4.78, 5) is 35.4. The lowest BCUT2D eigenvalue weighted by Crippen LogP contribution is -2.53. The SMILES string of the molecule is CC(=O)NC(Cc1ccccc1)C(=O)NC(CCCCN)C(N)=O. The van der Waals surface area contributed by atoms with Gasteiger partial charge in [0.05, 0.1) is 0 Å². The molecule has 2 atom stereocenters. The van der Waals surface area contributed by atoms with E-state index in [-0.39, 0.29) is 5.91 Å². The largest absolute Gasteiger partial charge is 0.368 e. The molecule has 2 unspecified atom stereocenters. The fourth-order valence-corrected chi connectivity index (χ4v) is 2.36. The van der Waals surface area contributed by atoms with Gasteiger partial charge in [0.2, 0.25) is 17.7 Å². The molecule has 0 saturated heterocycles. The van der Waals surface area contributed by atoms with Gasteiger partial charge in [0.25, 0.3) is 0 Å². The number of primary amides is 1. The molecule has 0 radical (unpaired) electrons. The summed E-state index contributed by atoms with van der Waals surface area (Å²) in [6.45, 7) is 1.86. The standard InChI is InChI=1S/C17H26N4O3/c1-12(22)20-15(11-13-7-3-2-4-8-13)17(24)21-14(16(19)23)9-5-6-10-18/h2-4,7-8,14-15H,5-6,9-11,18H2,1H3,(H2,19,23)(H,20,22)(H,21,24). The molecule has 0 aliphatic heterocycles. The third kappa shape index (κ3) is 7.23. The van der Waals surface area contributed by atoms with Crippen molar-refractivity contribution in [3.8, 4) is 0 Å². The van der Waals surface area contributed by atoms with Gasteiger partial charge in [0.1, 0.15) is 12.1 Å². The Labute approximate surface area is 142 Å². The first kappa shape index (κ1) is 19.6. The smallest absolute Gasteiger partial charge is 0.243 e. The molecule has 0 saturated carbocycles. The van der Waals surface area contributed by atoms with Crippen LogP contribution in [0.4, 0.5) is 0 Å². The Hall–Kier alpha value is -2.41. The number of nitrogens with two attached hydrogens (primary N) is 2. The number of carbonyl (C=O) groups excluding carboxylic acids is 3. The number of nitrogens with one attached hydrogen (secondary N) is 2. The summed E-state index contributed by atoms with van der Waals surface area (Å²) in [5, 5.41) is 5.25. The second-order valence-corrected chi connectivity index (χ2v) is 5.69. The number of hydrogen-bond acceptors (Lipinski definition) is 4. The zero-order valence-electron chi connectivity index (χ0n) is 14.0. The molecule has 7 heteroatoms. The van der Waals surface area contributed by atoms with E-state index in [0.29, 0.717) is 25.8 Å². The van der Waals surface area contributed by atoms with Gasteiger partial charge in [-0.1, -0.05) is 30.3 Å². The molecule has 0 heterocycles. The molecule has 1 aromatic carbocycles. The molecule has 0 aliphatic rings. The number of hydrogen-bond donors (Lipinski definition) is 4. The molecule has 0 aliphatic carbocycles. The third-order valence-electron chi connectivity index (χ3n) is 3.58. The Balaban J connectivity index is 2.74. The summed E-state index contributed by atoms with van der Waals surface area (Å²) in [5.41, 5.74) is 11.7. The highest BCUT2D eigenvalue weighted by Crippen LogP contribution is 2.06. The lowest BCUT2D eigenvalue weighted by Gasteiger charge is -2.21. The molecule has 0 spiro atoms. The van der Waals surface area contributed by atoms with Crippen molar-refractivity contribution in [2.75, 3.05) is 6.54 Å². The Morgan fingerprint density at radius 3 is 2.25 bits per heavy atom. The summed E-state index contributed by atoms with van der Waals surface area (Å²) in [7, 11) is 0. The molecular weight excluding hydrogens is 308 g/mol. The van der Waals surface area contributed by atoms with Crippen molar-refractivity contribution in [1.82, 2.24) is 10.6 Å². The third-order valence-corrected chi connectivity index (χ3v) is 3.58. The quantitative estimate of drug-likeness (QED) is 0.443. The van der Waals surface area contributed by atoms with Gasteiger partial charge in [-0.15, -0.1) is 0 Å². The Morgan fingerprint density at radius 1 is 1.04 bits per heavy atom. The first-order valence-corrected chi connectivity index (χ1v) is 8.04. The van der Waals surface area contributed by atoms with Crippen molar-refractivity contribution in [2.24, 2.45) is 11.5 Å².